The average molecular weight is 360 g/mol. The molecule has 1 aliphatic rings. The van der Waals surface area contributed by atoms with Crippen molar-refractivity contribution in [2.75, 3.05) is 6.54 Å². The van der Waals surface area contributed by atoms with Crippen molar-refractivity contribution in [3.63, 3.8) is 0 Å². The molecule has 2 aromatic rings. The van der Waals surface area contributed by atoms with Crippen LogP contribution in [-0.2, 0) is 0 Å². The van der Waals surface area contributed by atoms with E-state index < -0.39 is 0 Å². The van der Waals surface area contributed by atoms with Crippen LogP contribution in [0.5, 0.6) is 0 Å². The van der Waals surface area contributed by atoms with E-state index in [0.29, 0.717) is 6.54 Å². The molecule has 0 unspecified atom stereocenters. The number of benzene rings is 1. The first kappa shape index (κ1) is 17.2. The SMILES string of the molecule is C=C(C)CN=c1scc(-c2cccc(Cl)c2)n1N=C1CCCCC1. The minimum absolute atomic E-state index is 0.625. The van der Waals surface area contributed by atoms with Crippen molar-refractivity contribution in [1.29, 1.82) is 0 Å². The molecule has 0 N–H and O–H groups in total. The molecule has 24 heavy (non-hydrogen) atoms. The van der Waals surface area contributed by atoms with Crippen molar-refractivity contribution in [3.05, 3.63) is 51.6 Å². The average Bonchev–Trinajstić information content (AvgIpc) is 2.96. The Morgan fingerprint density at radius 3 is 2.79 bits per heavy atom. The molecule has 1 aliphatic carbocycles. The predicted molar refractivity (Wildman–Crippen MR) is 104 cm³/mol. The third-order valence-electron chi connectivity index (χ3n) is 3.96. The Hall–Kier alpha value is -1.65. The van der Waals surface area contributed by atoms with Gasteiger partial charge in [0, 0.05) is 21.7 Å². The molecule has 0 atom stereocenters. The smallest absolute Gasteiger partial charge is 0.206 e. The summed E-state index contributed by atoms with van der Waals surface area (Å²) in [5.41, 5.74) is 4.42. The van der Waals surface area contributed by atoms with Gasteiger partial charge in [-0.1, -0.05) is 42.3 Å². The Balaban J connectivity index is 2.08. The fraction of sp³-hybridized carbons (Fsp3) is 0.368. The van der Waals surface area contributed by atoms with E-state index in [-0.39, 0.29) is 0 Å². The second-order valence-electron chi connectivity index (χ2n) is 6.23. The van der Waals surface area contributed by atoms with Gasteiger partial charge in [-0.05, 0) is 44.7 Å². The highest BCUT2D eigenvalue weighted by molar-refractivity contribution is 7.07. The third-order valence-corrected chi connectivity index (χ3v) is 5.05. The molecule has 1 heterocycles. The Morgan fingerprint density at radius 1 is 1.29 bits per heavy atom. The minimum Gasteiger partial charge on any atom is -0.253 e. The fourth-order valence-corrected chi connectivity index (χ4v) is 3.78. The molecular weight excluding hydrogens is 338 g/mol. The Morgan fingerprint density at radius 2 is 2.08 bits per heavy atom. The van der Waals surface area contributed by atoms with E-state index in [2.05, 4.69) is 23.0 Å². The van der Waals surface area contributed by atoms with E-state index in [1.807, 2.05) is 29.8 Å². The summed E-state index contributed by atoms with van der Waals surface area (Å²) < 4.78 is 1.99. The van der Waals surface area contributed by atoms with Crippen LogP contribution in [0.4, 0.5) is 0 Å². The van der Waals surface area contributed by atoms with Crippen LogP contribution in [0.15, 0.2) is 51.9 Å². The third kappa shape index (κ3) is 4.25. The fourth-order valence-electron chi connectivity index (χ4n) is 2.75. The van der Waals surface area contributed by atoms with E-state index in [9.17, 15) is 0 Å². The molecule has 3 nitrogen and oxygen atoms in total. The van der Waals surface area contributed by atoms with Gasteiger partial charge in [0.2, 0.25) is 4.80 Å². The van der Waals surface area contributed by atoms with Crippen molar-refractivity contribution in [3.8, 4) is 11.3 Å². The van der Waals surface area contributed by atoms with Gasteiger partial charge in [0.15, 0.2) is 0 Å². The molecular formula is C19H22ClN3S. The van der Waals surface area contributed by atoms with E-state index in [1.165, 1.54) is 25.0 Å². The second-order valence-corrected chi connectivity index (χ2v) is 7.50. The molecule has 0 amide bonds. The standard InChI is InChI=1S/C19H22ClN3S/c1-14(2)12-21-19-23(22-17-9-4-3-5-10-17)18(13-24-19)15-7-6-8-16(20)11-15/h6-8,11,13H,1,3-5,9-10,12H2,2H3. The molecule has 1 aromatic carbocycles. The predicted octanol–water partition coefficient (Wildman–Crippen LogP) is 5.52. The second kappa shape index (κ2) is 7.95. The lowest BCUT2D eigenvalue weighted by Gasteiger charge is -2.13. The van der Waals surface area contributed by atoms with E-state index in [4.69, 9.17) is 16.7 Å². The summed E-state index contributed by atoms with van der Waals surface area (Å²) in [6.45, 7) is 6.56. The molecule has 0 radical (unpaired) electrons. The van der Waals surface area contributed by atoms with Crippen LogP contribution < -0.4 is 4.80 Å². The summed E-state index contributed by atoms with van der Waals surface area (Å²) in [5, 5.41) is 7.78. The van der Waals surface area contributed by atoms with E-state index >= 15 is 0 Å². The number of rotatable bonds is 4. The highest BCUT2D eigenvalue weighted by Crippen LogP contribution is 2.24. The summed E-state index contributed by atoms with van der Waals surface area (Å²) in [7, 11) is 0. The maximum absolute atomic E-state index is 6.17. The summed E-state index contributed by atoms with van der Waals surface area (Å²) in [6.07, 6.45) is 5.93. The lowest BCUT2D eigenvalue weighted by atomic mass is 9.99. The van der Waals surface area contributed by atoms with Crippen molar-refractivity contribution >= 4 is 28.6 Å². The molecule has 1 aromatic heterocycles. The molecule has 0 aliphatic heterocycles. The van der Waals surface area contributed by atoms with Crippen LogP contribution in [0.25, 0.3) is 11.3 Å². The minimum atomic E-state index is 0.625. The van der Waals surface area contributed by atoms with Gasteiger partial charge < -0.3 is 0 Å². The van der Waals surface area contributed by atoms with Gasteiger partial charge in [0.05, 0.1) is 12.2 Å². The van der Waals surface area contributed by atoms with Crippen molar-refractivity contribution in [2.45, 2.75) is 39.0 Å². The van der Waals surface area contributed by atoms with Crippen molar-refractivity contribution in [1.82, 2.24) is 4.68 Å². The number of thiazole rings is 1. The number of hydrogen-bond donors (Lipinski definition) is 0. The quantitative estimate of drug-likeness (QED) is 0.644. The molecule has 1 saturated carbocycles. The zero-order chi connectivity index (χ0) is 16.9. The number of nitrogens with zero attached hydrogens (tertiary/aromatic N) is 3. The Kier molecular flexibility index (Phi) is 5.69. The number of hydrogen-bond acceptors (Lipinski definition) is 3. The molecule has 1 fully saturated rings. The van der Waals surface area contributed by atoms with Crippen LogP contribution in [0.1, 0.15) is 39.0 Å². The van der Waals surface area contributed by atoms with Gasteiger partial charge in [0.1, 0.15) is 0 Å². The van der Waals surface area contributed by atoms with Crippen LogP contribution in [0.3, 0.4) is 0 Å². The van der Waals surface area contributed by atoms with Crippen molar-refractivity contribution < 1.29 is 0 Å². The molecule has 126 valence electrons. The largest absolute Gasteiger partial charge is 0.253 e. The zero-order valence-corrected chi connectivity index (χ0v) is 15.5. The van der Waals surface area contributed by atoms with Crippen molar-refractivity contribution in [2.24, 2.45) is 10.1 Å². The summed E-state index contributed by atoms with van der Waals surface area (Å²) in [6, 6.07) is 7.90. The topological polar surface area (TPSA) is 29.6 Å². The molecule has 5 heteroatoms. The molecule has 0 bridgehead atoms. The first-order valence-electron chi connectivity index (χ1n) is 8.31. The van der Waals surface area contributed by atoms with Gasteiger partial charge in [-0.3, -0.25) is 4.99 Å². The molecule has 3 rings (SSSR count). The molecule has 0 saturated heterocycles. The van der Waals surface area contributed by atoms with Crippen LogP contribution in [0, 0.1) is 0 Å². The summed E-state index contributed by atoms with van der Waals surface area (Å²) in [4.78, 5) is 5.59. The lowest BCUT2D eigenvalue weighted by molar-refractivity contribution is 0.655. The Bertz CT molecular complexity index is 821. The highest BCUT2D eigenvalue weighted by Gasteiger charge is 2.12. The first-order chi connectivity index (χ1) is 11.6. The van der Waals surface area contributed by atoms with Crippen LogP contribution in [-0.4, -0.2) is 16.9 Å². The van der Waals surface area contributed by atoms with Gasteiger partial charge in [-0.2, -0.15) is 5.10 Å². The van der Waals surface area contributed by atoms with E-state index in [0.717, 1.165) is 39.5 Å². The maximum atomic E-state index is 6.17. The lowest BCUT2D eigenvalue weighted by Crippen LogP contribution is -2.16. The van der Waals surface area contributed by atoms with Gasteiger partial charge in [-0.15, -0.1) is 11.3 Å². The van der Waals surface area contributed by atoms with Gasteiger partial charge in [-0.25, -0.2) is 4.68 Å². The normalized spacial score (nSPS) is 15.6. The van der Waals surface area contributed by atoms with Gasteiger partial charge in [0.25, 0.3) is 0 Å². The zero-order valence-electron chi connectivity index (χ0n) is 14.0. The van der Waals surface area contributed by atoms with Crippen LogP contribution in [0.2, 0.25) is 5.02 Å². The van der Waals surface area contributed by atoms with Gasteiger partial charge >= 0.3 is 0 Å². The first-order valence-corrected chi connectivity index (χ1v) is 9.57. The highest BCUT2D eigenvalue weighted by atomic mass is 35.5. The van der Waals surface area contributed by atoms with Crippen LogP contribution >= 0.6 is 22.9 Å². The summed E-state index contributed by atoms with van der Waals surface area (Å²) in [5.74, 6) is 0. The summed E-state index contributed by atoms with van der Waals surface area (Å²) >= 11 is 7.78. The number of halogens is 1. The molecule has 0 spiro atoms. The monoisotopic (exact) mass is 359 g/mol. The number of aromatic nitrogens is 1. The Labute approximate surface area is 152 Å². The maximum Gasteiger partial charge on any atom is 0.206 e. The van der Waals surface area contributed by atoms with E-state index in [1.54, 1.807) is 11.3 Å².